The molecule has 0 amide bonds. The van der Waals surface area contributed by atoms with E-state index in [1.54, 1.807) is 0 Å². The van der Waals surface area contributed by atoms with Crippen molar-refractivity contribution in [1.82, 2.24) is 0 Å². The van der Waals surface area contributed by atoms with Crippen LogP contribution >= 0.6 is 0 Å². The van der Waals surface area contributed by atoms with Crippen LogP contribution in [0.3, 0.4) is 0 Å². The molecule has 0 saturated carbocycles. The maximum absolute atomic E-state index is 11.7. The Balaban J connectivity index is 0. The molecule has 1 radical (unpaired) electrons. The zero-order chi connectivity index (χ0) is 20.1. The molecule has 0 aliphatic rings. The van der Waals surface area contributed by atoms with Crippen molar-refractivity contribution in [2.75, 3.05) is 13.2 Å². The van der Waals surface area contributed by atoms with Crippen molar-refractivity contribution in [3.63, 3.8) is 0 Å². The molecular formula is C22H46NaO4S. The van der Waals surface area contributed by atoms with Gasteiger partial charge in [-0.2, -0.15) is 8.42 Å². The first-order chi connectivity index (χ1) is 13.1. The topological polar surface area (TPSA) is 52.6 Å². The summed E-state index contributed by atoms with van der Waals surface area (Å²) in [7, 11) is -3.80. The molecule has 0 spiro atoms. The Labute approximate surface area is 198 Å². The smallest absolute Gasteiger partial charge is 0.248 e. The van der Waals surface area contributed by atoms with E-state index in [4.69, 9.17) is 8.37 Å². The van der Waals surface area contributed by atoms with Crippen molar-refractivity contribution in [3.05, 3.63) is 0 Å². The largest absolute Gasteiger partial charge is 0.399 e. The molecule has 0 aromatic carbocycles. The van der Waals surface area contributed by atoms with Crippen LogP contribution in [0.1, 0.15) is 129 Å². The first-order valence-corrected chi connectivity index (χ1v) is 13.0. The minimum atomic E-state index is -3.80. The van der Waals surface area contributed by atoms with Gasteiger partial charge in [0.1, 0.15) is 0 Å². The maximum atomic E-state index is 11.7. The standard InChI is InChI=1S/C22H46O4S.Na/c1-3-5-7-9-11-13-14-16-18-20-22-26-27(23,24)25-21-19-17-15-12-10-8-6-4-2;/h3-22H2,1-2H3;. The maximum Gasteiger partial charge on any atom is 0.399 e. The van der Waals surface area contributed by atoms with E-state index in [0.717, 1.165) is 38.5 Å². The summed E-state index contributed by atoms with van der Waals surface area (Å²) in [5, 5.41) is 0. The number of rotatable bonds is 22. The third kappa shape index (κ3) is 24.9. The molecule has 0 N–H and O–H groups in total. The summed E-state index contributed by atoms with van der Waals surface area (Å²) in [6, 6.07) is 0. The Morgan fingerprint density at radius 2 is 0.714 bits per heavy atom. The van der Waals surface area contributed by atoms with Crippen molar-refractivity contribution in [2.24, 2.45) is 0 Å². The van der Waals surface area contributed by atoms with E-state index in [1.165, 1.54) is 77.0 Å². The minimum Gasteiger partial charge on any atom is -0.248 e. The van der Waals surface area contributed by atoms with Gasteiger partial charge < -0.3 is 0 Å². The molecule has 6 heteroatoms. The van der Waals surface area contributed by atoms with Gasteiger partial charge in [-0.25, -0.2) is 8.37 Å². The summed E-state index contributed by atoms with van der Waals surface area (Å²) in [6.07, 6.45) is 21.6. The first-order valence-electron chi connectivity index (χ1n) is 11.7. The van der Waals surface area contributed by atoms with Gasteiger partial charge in [0.05, 0.1) is 13.2 Å². The predicted octanol–water partition coefficient (Wildman–Crippen LogP) is 6.95. The summed E-state index contributed by atoms with van der Waals surface area (Å²) >= 11 is 0. The summed E-state index contributed by atoms with van der Waals surface area (Å²) < 4.78 is 33.1. The van der Waals surface area contributed by atoms with E-state index < -0.39 is 10.4 Å². The Morgan fingerprint density at radius 1 is 0.464 bits per heavy atom. The zero-order valence-corrected chi connectivity index (χ0v) is 22.0. The van der Waals surface area contributed by atoms with E-state index in [2.05, 4.69) is 13.8 Å². The van der Waals surface area contributed by atoms with Gasteiger partial charge in [0.2, 0.25) is 0 Å². The predicted molar refractivity (Wildman–Crippen MR) is 121 cm³/mol. The third-order valence-electron chi connectivity index (χ3n) is 4.95. The molecule has 0 fully saturated rings. The molecule has 0 heterocycles. The monoisotopic (exact) mass is 429 g/mol. The van der Waals surface area contributed by atoms with Crippen LogP contribution in [0.5, 0.6) is 0 Å². The first kappa shape index (κ1) is 31.1. The average Bonchev–Trinajstić information content (AvgIpc) is 2.64. The second kappa shape index (κ2) is 24.1. The molecule has 0 aromatic rings. The molecule has 0 aliphatic carbocycles. The molecule has 0 atom stereocenters. The fourth-order valence-electron chi connectivity index (χ4n) is 3.18. The second-order valence-corrected chi connectivity index (χ2v) is 9.00. The van der Waals surface area contributed by atoms with Crippen molar-refractivity contribution in [1.29, 1.82) is 0 Å². The molecule has 0 rings (SSSR count). The fraction of sp³-hybridized carbons (Fsp3) is 1.00. The molecule has 0 aliphatic heterocycles. The SMILES string of the molecule is CCCCCCCCCCCCOS(=O)(=O)OCCCCCCCCCC.[Na]. The summed E-state index contributed by atoms with van der Waals surface area (Å²) in [5.74, 6) is 0. The van der Waals surface area contributed by atoms with E-state index >= 15 is 0 Å². The van der Waals surface area contributed by atoms with Gasteiger partial charge in [-0.15, -0.1) is 0 Å². The molecule has 4 nitrogen and oxygen atoms in total. The quantitative estimate of drug-likeness (QED) is 0.138. The molecular weight excluding hydrogens is 383 g/mol. The van der Waals surface area contributed by atoms with Gasteiger partial charge >= 0.3 is 10.4 Å². The fourth-order valence-corrected chi connectivity index (χ4v) is 3.89. The van der Waals surface area contributed by atoms with Crippen LogP contribution in [0.4, 0.5) is 0 Å². The molecule has 0 saturated heterocycles. The molecule has 0 bridgehead atoms. The Bertz CT molecular complexity index is 388. The van der Waals surface area contributed by atoms with Gasteiger partial charge in [-0.3, -0.25) is 0 Å². The van der Waals surface area contributed by atoms with Crippen LogP contribution < -0.4 is 0 Å². The van der Waals surface area contributed by atoms with Crippen molar-refractivity contribution >= 4 is 40.0 Å². The molecule has 0 unspecified atom stereocenters. The summed E-state index contributed by atoms with van der Waals surface area (Å²) in [6.45, 7) is 4.95. The van der Waals surface area contributed by atoms with Crippen LogP contribution in [0, 0.1) is 0 Å². The Morgan fingerprint density at radius 3 is 1.00 bits per heavy atom. The van der Waals surface area contributed by atoms with Crippen LogP contribution in [-0.4, -0.2) is 51.2 Å². The van der Waals surface area contributed by atoms with E-state index in [0.29, 0.717) is 0 Å². The second-order valence-electron chi connectivity index (χ2n) is 7.71. The third-order valence-corrected chi connectivity index (χ3v) is 5.86. The minimum absolute atomic E-state index is 0. The molecule has 28 heavy (non-hydrogen) atoms. The molecule has 165 valence electrons. The Kier molecular flexibility index (Phi) is 26.8. The number of hydrogen-bond acceptors (Lipinski definition) is 4. The van der Waals surface area contributed by atoms with Crippen molar-refractivity contribution in [2.45, 2.75) is 129 Å². The van der Waals surface area contributed by atoms with Crippen LogP contribution in [0.2, 0.25) is 0 Å². The van der Waals surface area contributed by atoms with E-state index in [-0.39, 0.29) is 42.8 Å². The molecule has 0 aromatic heterocycles. The van der Waals surface area contributed by atoms with Crippen LogP contribution in [0.25, 0.3) is 0 Å². The van der Waals surface area contributed by atoms with Crippen LogP contribution in [-0.2, 0) is 18.8 Å². The van der Waals surface area contributed by atoms with Crippen LogP contribution in [0.15, 0.2) is 0 Å². The normalized spacial score (nSPS) is 11.5. The zero-order valence-electron chi connectivity index (χ0n) is 19.2. The van der Waals surface area contributed by atoms with E-state index in [1.807, 2.05) is 0 Å². The number of unbranched alkanes of at least 4 members (excludes halogenated alkanes) is 16. The van der Waals surface area contributed by atoms with Crippen molar-refractivity contribution < 1.29 is 16.8 Å². The number of hydrogen-bond donors (Lipinski definition) is 0. The van der Waals surface area contributed by atoms with Gasteiger partial charge in [-0.1, -0.05) is 117 Å². The van der Waals surface area contributed by atoms with Crippen molar-refractivity contribution in [3.8, 4) is 0 Å². The van der Waals surface area contributed by atoms with Gasteiger partial charge in [0.25, 0.3) is 0 Å². The average molecular weight is 430 g/mol. The van der Waals surface area contributed by atoms with Gasteiger partial charge in [0, 0.05) is 29.6 Å². The van der Waals surface area contributed by atoms with Gasteiger partial charge in [-0.05, 0) is 12.8 Å². The Hall–Kier alpha value is 0.870. The van der Waals surface area contributed by atoms with Gasteiger partial charge in [0.15, 0.2) is 0 Å². The van der Waals surface area contributed by atoms with E-state index in [9.17, 15) is 8.42 Å². The summed E-state index contributed by atoms with van der Waals surface area (Å²) in [4.78, 5) is 0. The summed E-state index contributed by atoms with van der Waals surface area (Å²) in [5.41, 5.74) is 0.